The smallest absolute Gasteiger partial charge is 0.0452 e. The summed E-state index contributed by atoms with van der Waals surface area (Å²) >= 11 is 0. The third kappa shape index (κ3) is 7.60. The maximum absolute atomic E-state index is 3.75. The summed E-state index contributed by atoms with van der Waals surface area (Å²) in [6.07, 6.45) is 7.76. The Bertz CT molecular complexity index is 125. The van der Waals surface area contributed by atoms with Crippen LogP contribution in [0.25, 0.3) is 0 Å². The van der Waals surface area contributed by atoms with Gasteiger partial charge in [0, 0.05) is 8.80 Å². The molecule has 0 saturated carbocycles. The molecule has 0 aromatic heterocycles. The number of hydrogen-bond acceptors (Lipinski definition) is 0. The van der Waals surface area contributed by atoms with Crippen LogP contribution in [0.3, 0.4) is 0 Å². The molecule has 0 spiro atoms. The minimum atomic E-state index is -0.0516. The lowest BCUT2D eigenvalue weighted by Crippen LogP contribution is -1.95. The molecule has 1 heteroatoms. The molecule has 0 bridgehead atoms. The number of hydrogen-bond donors (Lipinski definition) is 0. The van der Waals surface area contributed by atoms with Gasteiger partial charge in [0.2, 0.25) is 0 Å². The Morgan fingerprint density at radius 3 is 2.45 bits per heavy atom. The van der Waals surface area contributed by atoms with E-state index in [9.17, 15) is 0 Å². The topological polar surface area (TPSA) is 0 Å². The van der Waals surface area contributed by atoms with E-state index in [1.165, 1.54) is 6.04 Å². The predicted molar refractivity (Wildman–Crippen MR) is 55.4 cm³/mol. The molecule has 1 unspecified atom stereocenters. The first-order chi connectivity index (χ1) is 5.16. The molecule has 0 aliphatic heterocycles. The first kappa shape index (κ1) is 10.7. The van der Waals surface area contributed by atoms with Crippen LogP contribution >= 0.6 is 0 Å². The Labute approximate surface area is 72.6 Å². The summed E-state index contributed by atoms with van der Waals surface area (Å²) in [6.45, 7) is 10.6. The van der Waals surface area contributed by atoms with Crippen LogP contribution in [0.4, 0.5) is 0 Å². The molecule has 0 N–H and O–H groups in total. The SMILES string of the molecule is C=CC(C)C/C=C/C[Si](C)C. The molecule has 0 aliphatic rings. The van der Waals surface area contributed by atoms with Crippen LogP contribution in [0, 0.1) is 5.92 Å². The summed E-state index contributed by atoms with van der Waals surface area (Å²) in [4.78, 5) is 0. The van der Waals surface area contributed by atoms with Gasteiger partial charge in [0.05, 0.1) is 0 Å². The largest absolute Gasteiger partial charge is 0.103 e. The van der Waals surface area contributed by atoms with Crippen molar-refractivity contribution in [3.05, 3.63) is 24.8 Å². The molecule has 0 nitrogen and oxygen atoms in total. The Morgan fingerprint density at radius 2 is 2.00 bits per heavy atom. The summed E-state index contributed by atoms with van der Waals surface area (Å²) < 4.78 is 0. The maximum Gasteiger partial charge on any atom is 0.0452 e. The molecule has 0 saturated heterocycles. The van der Waals surface area contributed by atoms with Crippen LogP contribution in [-0.4, -0.2) is 8.80 Å². The van der Waals surface area contributed by atoms with Crippen molar-refractivity contribution >= 4 is 8.80 Å². The Hall–Kier alpha value is -0.303. The lowest BCUT2D eigenvalue weighted by atomic mass is 10.1. The molecule has 1 radical (unpaired) electrons. The highest BCUT2D eigenvalue weighted by molar-refractivity contribution is 6.56. The normalized spacial score (nSPS) is 14.2. The third-order valence-electron chi connectivity index (χ3n) is 1.60. The van der Waals surface area contributed by atoms with Crippen molar-refractivity contribution in [3.63, 3.8) is 0 Å². The first-order valence-corrected chi connectivity index (χ1v) is 6.94. The highest BCUT2D eigenvalue weighted by Gasteiger charge is 1.92. The quantitative estimate of drug-likeness (QED) is 0.434. The fourth-order valence-corrected chi connectivity index (χ4v) is 1.36. The van der Waals surface area contributed by atoms with Gasteiger partial charge >= 0.3 is 0 Å². The van der Waals surface area contributed by atoms with Gasteiger partial charge < -0.3 is 0 Å². The average Bonchev–Trinajstić information content (AvgIpc) is 1.97. The maximum atomic E-state index is 3.75. The highest BCUT2D eigenvalue weighted by Crippen LogP contribution is 2.04. The van der Waals surface area contributed by atoms with Gasteiger partial charge in [-0.25, -0.2) is 0 Å². The van der Waals surface area contributed by atoms with Crippen molar-refractivity contribution < 1.29 is 0 Å². The van der Waals surface area contributed by atoms with E-state index < -0.39 is 0 Å². The van der Waals surface area contributed by atoms with E-state index in [-0.39, 0.29) is 8.80 Å². The highest BCUT2D eigenvalue weighted by atomic mass is 28.3. The molecule has 63 valence electrons. The van der Waals surface area contributed by atoms with Crippen LogP contribution < -0.4 is 0 Å². The summed E-state index contributed by atoms with van der Waals surface area (Å²) in [6, 6.07) is 1.30. The van der Waals surface area contributed by atoms with Gasteiger partial charge in [-0.3, -0.25) is 0 Å². The van der Waals surface area contributed by atoms with Crippen molar-refractivity contribution in [3.8, 4) is 0 Å². The lowest BCUT2D eigenvalue weighted by molar-refractivity contribution is 0.746. The van der Waals surface area contributed by atoms with Crippen LogP contribution in [0.5, 0.6) is 0 Å². The fourth-order valence-electron chi connectivity index (χ4n) is 0.726. The van der Waals surface area contributed by atoms with Crippen molar-refractivity contribution in [2.24, 2.45) is 5.92 Å². The van der Waals surface area contributed by atoms with Gasteiger partial charge in [-0.05, 0) is 18.4 Å². The van der Waals surface area contributed by atoms with Gasteiger partial charge in [0.25, 0.3) is 0 Å². The van der Waals surface area contributed by atoms with Crippen molar-refractivity contribution in [1.82, 2.24) is 0 Å². The Balaban J connectivity index is 3.36. The summed E-state index contributed by atoms with van der Waals surface area (Å²) in [5.74, 6) is 0.635. The number of rotatable bonds is 5. The molecule has 11 heavy (non-hydrogen) atoms. The zero-order valence-electron chi connectivity index (χ0n) is 7.93. The molecule has 0 rings (SSSR count). The standard InChI is InChI=1S/C10H19Si/c1-5-10(2)8-6-7-9-11(3)4/h5-7,10H,1,8-9H2,2-4H3/b7-6+. The van der Waals surface area contributed by atoms with Gasteiger partial charge in [-0.15, -0.1) is 6.58 Å². The minimum absolute atomic E-state index is 0.0516. The van der Waals surface area contributed by atoms with E-state index in [0.29, 0.717) is 5.92 Å². The van der Waals surface area contributed by atoms with E-state index in [4.69, 9.17) is 0 Å². The molecular formula is C10H19Si. The van der Waals surface area contributed by atoms with Crippen LogP contribution in [0.1, 0.15) is 13.3 Å². The van der Waals surface area contributed by atoms with Crippen molar-refractivity contribution in [2.75, 3.05) is 0 Å². The molecule has 1 atom stereocenters. The second-order valence-electron chi connectivity index (χ2n) is 3.33. The molecule has 0 aromatic rings. The Kier molecular flexibility index (Phi) is 6.23. The van der Waals surface area contributed by atoms with E-state index >= 15 is 0 Å². The van der Waals surface area contributed by atoms with Gasteiger partial charge in [0.15, 0.2) is 0 Å². The minimum Gasteiger partial charge on any atom is -0.103 e. The van der Waals surface area contributed by atoms with Gasteiger partial charge in [-0.2, -0.15) is 0 Å². The van der Waals surface area contributed by atoms with Crippen LogP contribution in [-0.2, 0) is 0 Å². The van der Waals surface area contributed by atoms with Crippen LogP contribution in [0.15, 0.2) is 24.8 Å². The molecule has 0 fully saturated rings. The predicted octanol–water partition coefficient (Wildman–Crippen LogP) is 3.51. The van der Waals surface area contributed by atoms with E-state index in [0.717, 1.165) is 6.42 Å². The first-order valence-electron chi connectivity index (χ1n) is 4.23. The van der Waals surface area contributed by atoms with Crippen molar-refractivity contribution in [2.45, 2.75) is 32.5 Å². The van der Waals surface area contributed by atoms with E-state index in [1.54, 1.807) is 0 Å². The van der Waals surface area contributed by atoms with Gasteiger partial charge in [-0.1, -0.05) is 38.2 Å². The average molecular weight is 167 g/mol. The van der Waals surface area contributed by atoms with E-state index in [2.05, 4.69) is 38.7 Å². The lowest BCUT2D eigenvalue weighted by Gasteiger charge is -1.99. The molecular weight excluding hydrogens is 148 g/mol. The van der Waals surface area contributed by atoms with E-state index in [1.807, 2.05) is 6.08 Å². The number of allylic oxidation sites excluding steroid dienone is 3. The third-order valence-corrected chi connectivity index (χ3v) is 2.66. The molecule has 0 aliphatic carbocycles. The summed E-state index contributed by atoms with van der Waals surface area (Å²) in [5.41, 5.74) is 0. The second kappa shape index (κ2) is 6.41. The molecule has 0 heterocycles. The monoisotopic (exact) mass is 167 g/mol. The Morgan fingerprint density at radius 1 is 1.36 bits per heavy atom. The zero-order chi connectivity index (χ0) is 8.69. The molecule has 0 amide bonds. The summed E-state index contributed by atoms with van der Waals surface area (Å²) in [7, 11) is -0.0516. The second-order valence-corrected chi connectivity index (χ2v) is 6.15. The molecule has 0 aromatic carbocycles. The van der Waals surface area contributed by atoms with Crippen molar-refractivity contribution in [1.29, 1.82) is 0 Å². The fraction of sp³-hybridized carbons (Fsp3) is 0.600. The van der Waals surface area contributed by atoms with Gasteiger partial charge in [0.1, 0.15) is 0 Å². The summed E-state index contributed by atoms with van der Waals surface area (Å²) in [5, 5.41) is 0. The van der Waals surface area contributed by atoms with Crippen LogP contribution in [0.2, 0.25) is 19.1 Å². The zero-order valence-corrected chi connectivity index (χ0v) is 8.93.